The van der Waals surface area contributed by atoms with Gasteiger partial charge in [0, 0.05) is 0 Å². The highest BCUT2D eigenvalue weighted by Crippen LogP contribution is 1.93. The molecule has 1 aromatic rings. The quantitative estimate of drug-likeness (QED) is 0.671. The van der Waals surface area contributed by atoms with E-state index in [-0.39, 0.29) is 0 Å². The van der Waals surface area contributed by atoms with Crippen LogP contribution in [0.25, 0.3) is 0 Å². The highest BCUT2D eigenvalue weighted by Gasteiger charge is 1.79. The van der Waals surface area contributed by atoms with Gasteiger partial charge in [-0.05, 0) is 12.1 Å². The van der Waals surface area contributed by atoms with Crippen LogP contribution in [-0.2, 0) is 0 Å². The van der Waals surface area contributed by atoms with Crippen molar-refractivity contribution in [2.24, 2.45) is 0 Å². The van der Waals surface area contributed by atoms with Crippen LogP contribution in [0.4, 0.5) is 0 Å². The van der Waals surface area contributed by atoms with Crippen molar-refractivity contribution in [1.29, 1.82) is 5.26 Å². The molecule has 1 rings (SSSR count). The molecule has 0 spiro atoms. The van der Waals surface area contributed by atoms with Crippen LogP contribution in [0, 0.1) is 11.3 Å². The van der Waals surface area contributed by atoms with Crippen LogP contribution in [0.2, 0.25) is 0 Å². The molecule has 0 atom stereocenters. The van der Waals surface area contributed by atoms with Crippen molar-refractivity contribution in [3.8, 4) is 6.07 Å². The van der Waals surface area contributed by atoms with E-state index in [4.69, 9.17) is 5.26 Å². The average Bonchev–Trinajstić information content (AvgIpc) is 2.21. The topological polar surface area (TPSA) is 23.8 Å². The van der Waals surface area contributed by atoms with Gasteiger partial charge < -0.3 is 0 Å². The van der Waals surface area contributed by atoms with Crippen LogP contribution in [0.3, 0.4) is 0 Å². The van der Waals surface area contributed by atoms with Crippen LogP contribution in [0.5, 0.6) is 0 Å². The largest absolute Gasteiger partial charge is 0.192 e. The number of nitriles is 1. The first kappa shape index (κ1) is 11.7. The highest BCUT2D eigenvalue weighted by atomic mass is 14.2. The van der Waals surface area contributed by atoms with Crippen molar-refractivity contribution in [3.05, 3.63) is 35.9 Å². The van der Waals surface area contributed by atoms with Crippen molar-refractivity contribution in [2.75, 3.05) is 0 Å². The maximum atomic E-state index is 8.29. The minimum atomic E-state index is 0.715. The molecule has 1 aromatic carbocycles. The number of hydrogen-bond acceptors (Lipinski definition) is 1. The Bertz CT molecular complexity index is 231. The van der Waals surface area contributed by atoms with Gasteiger partial charge in [0.1, 0.15) is 0 Å². The molecule has 70 valence electrons. The van der Waals surface area contributed by atoms with Crippen molar-refractivity contribution in [1.82, 2.24) is 0 Å². The van der Waals surface area contributed by atoms with E-state index < -0.39 is 0 Å². The smallest absolute Gasteiger partial charge is 0.0991 e. The maximum Gasteiger partial charge on any atom is 0.0991 e. The van der Waals surface area contributed by atoms with Gasteiger partial charge in [0.25, 0.3) is 0 Å². The lowest BCUT2D eigenvalue weighted by atomic mass is 10.2. The lowest BCUT2D eigenvalue weighted by Gasteiger charge is -1.80. The molecule has 0 heterocycles. The summed E-state index contributed by atoms with van der Waals surface area (Å²) in [5.41, 5.74) is 0.715. The van der Waals surface area contributed by atoms with Crippen molar-refractivity contribution >= 4 is 0 Å². The van der Waals surface area contributed by atoms with Gasteiger partial charge in [0.05, 0.1) is 11.6 Å². The summed E-state index contributed by atoms with van der Waals surface area (Å²) in [4.78, 5) is 0. The molecule has 1 heteroatoms. The van der Waals surface area contributed by atoms with E-state index in [0.717, 1.165) is 0 Å². The van der Waals surface area contributed by atoms with Gasteiger partial charge in [-0.1, -0.05) is 51.3 Å². The molecule has 0 aliphatic carbocycles. The third-order valence-electron chi connectivity index (χ3n) is 1.61. The summed E-state index contributed by atoms with van der Waals surface area (Å²) in [5, 5.41) is 8.29. The Labute approximate surface area is 81.0 Å². The Morgan fingerprint density at radius 2 is 1.62 bits per heavy atom. The summed E-state index contributed by atoms with van der Waals surface area (Å²) in [6, 6.07) is 11.2. The lowest BCUT2D eigenvalue weighted by molar-refractivity contribution is 0.772. The van der Waals surface area contributed by atoms with Crippen molar-refractivity contribution in [2.45, 2.75) is 33.1 Å². The fraction of sp³-hybridized carbons (Fsp3) is 0.417. The average molecular weight is 175 g/mol. The van der Waals surface area contributed by atoms with Gasteiger partial charge in [0.15, 0.2) is 0 Å². The first-order chi connectivity index (χ1) is 6.35. The lowest BCUT2D eigenvalue weighted by Crippen LogP contribution is -1.66. The molecule has 0 aromatic heterocycles. The third kappa shape index (κ3) is 7.08. The second-order valence-electron chi connectivity index (χ2n) is 2.83. The zero-order valence-electron chi connectivity index (χ0n) is 8.46. The third-order valence-corrected chi connectivity index (χ3v) is 1.61. The zero-order valence-corrected chi connectivity index (χ0v) is 8.46. The zero-order chi connectivity index (χ0) is 9.94. The molecule has 0 amide bonds. The number of unbranched alkanes of at least 4 members (excludes halogenated alkanes) is 2. The molecule has 0 aliphatic heterocycles. The molecule has 0 saturated heterocycles. The van der Waals surface area contributed by atoms with E-state index in [9.17, 15) is 0 Å². The van der Waals surface area contributed by atoms with Crippen molar-refractivity contribution < 1.29 is 0 Å². The van der Waals surface area contributed by atoms with Crippen LogP contribution in [-0.4, -0.2) is 0 Å². The van der Waals surface area contributed by atoms with Gasteiger partial charge >= 0.3 is 0 Å². The molecular formula is C12H17N. The van der Waals surface area contributed by atoms with Gasteiger partial charge in [0.2, 0.25) is 0 Å². The second kappa shape index (κ2) is 8.80. The van der Waals surface area contributed by atoms with Gasteiger partial charge in [-0.3, -0.25) is 0 Å². The van der Waals surface area contributed by atoms with Crippen LogP contribution < -0.4 is 0 Å². The van der Waals surface area contributed by atoms with E-state index >= 15 is 0 Å². The van der Waals surface area contributed by atoms with Crippen molar-refractivity contribution in [3.63, 3.8) is 0 Å². The van der Waals surface area contributed by atoms with Crippen LogP contribution in [0.15, 0.2) is 30.3 Å². The van der Waals surface area contributed by atoms with E-state index in [1.807, 2.05) is 24.3 Å². The standard InChI is InChI=1S/C7H5N.C5H12/c8-6-7-4-2-1-3-5-7;1-3-5-4-2/h1-5H;3-5H2,1-2H3. The summed E-state index contributed by atoms with van der Waals surface area (Å²) in [7, 11) is 0. The normalized spacial score (nSPS) is 8.08. The molecule has 0 saturated carbocycles. The Kier molecular flexibility index (Phi) is 7.93. The number of hydrogen-bond donors (Lipinski definition) is 0. The van der Waals surface area contributed by atoms with E-state index in [0.29, 0.717) is 5.56 Å². The summed E-state index contributed by atoms with van der Waals surface area (Å²) in [6.07, 6.45) is 4.08. The Balaban J connectivity index is 0.000000252. The monoisotopic (exact) mass is 175 g/mol. The highest BCUT2D eigenvalue weighted by molar-refractivity contribution is 5.27. The molecule has 13 heavy (non-hydrogen) atoms. The van der Waals surface area contributed by atoms with Gasteiger partial charge in [-0.15, -0.1) is 0 Å². The van der Waals surface area contributed by atoms with E-state index in [1.54, 1.807) is 12.1 Å². The predicted octanol–water partition coefficient (Wildman–Crippen LogP) is 3.75. The van der Waals surface area contributed by atoms with Gasteiger partial charge in [-0.2, -0.15) is 5.26 Å². The van der Waals surface area contributed by atoms with E-state index in [2.05, 4.69) is 13.8 Å². The minimum absolute atomic E-state index is 0.715. The molecule has 0 radical (unpaired) electrons. The molecular weight excluding hydrogens is 158 g/mol. The Hall–Kier alpha value is -1.29. The SMILES string of the molecule is CCCCC.N#Cc1ccccc1. The molecule has 0 unspecified atom stereocenters. The number of rotatable bonds is 2. The molecule has 0 aliphatic rings. The fourth-order valence-electron chi connectivity index (χ4n) is 0.866. The van der Waals surface area contributed by atoms with E-state index in [1.165, 1.54) is 19.3 Å². The molecule has 0 N–H and O–H groups in total. The first-order valence-corrected chi connectivity index (χ1v) is 4.80. The molecule has 0 bridgehead atoms. The van der Waals surface area contributed by atoms with Crippen LogP contribution in [0.1, 0.15) is 38.7 Å². The Morgan fingerprint density at radius 1 is 1.08 bits per heavy atom. The summed E-state index contributed by atoms with van der Waals surface area (Å²) in [6.45, 7) is 4.42. The summed E-state index contributed by atoms with van der Waals surface area (Å²) >= 11 is 0. The maximum absolute atomic E-state index is 8.29. The Morgan fingerprint density at radius 3 is 1.85 bits per heavy atom. The predicted molar refractivity (Wildman–Crippen MR) is 56.4 cm³/mol. The van der Waals surface area contributed by atoms with Crippen LogP contribution >= 0.6 is 0 Å². The summed E-state index contributed by atoms with van der Waals surface area (Å²) < 4.78 is 0. The number of benzene rings is 1. The molecule has 1 nitrogen and oxygen atoms in total. The molecule has 0 fully saturated rings. The minimum Gasteiger partial charge on any atom is -0.192 e. The fourth-order valence-corrected chi connectivity index (χ4v) is 0.866. The second-order valence-corrected chi connectivity index (χ2v) is 2.83. The summed E-state index contributed by atoms with van der Waals surface area (Å²) in [5.74, 6) is 0. The number of nitrogens with zero attached hydrogens (tertiary/aromatic N) is 1. The van der Waals surface area contributed by atoms with Gasteiger partial charge in [-0.25, -0.2) is 0 Å². The first-order valence-electron chi connectivity index (χ1n) is 4.80.